The molecule has 2 aromatic rings. The second kappa shape index (κ2) is 8.45. The molecule has 2 aromatic carbocycles. The van der Waals surface area contributed by atoms with E-state index in [1.807, 2.05) is 5.48 Å². The Morgan fingerprint density at radius 3 is 2.21 bits per heavy atom. The lowest BCUT2D eigenvalue weighted by Gasteiger charge is -2.10. The lowest BCUT2D eigenvalue weighted by Crippen LogP contribution is -2.25. The molecule has 2 rings (SSSR count). The maximum Gasteiger partial charge on any atom is 0.416 e. The van der Waals surface area contributed by atoms with Gasteiger partial charge >= 0.3 is 6.18 Å². The molecule has 0 aliphatic rings. The van der Waals surface area contributed by atoms with Gasteiger partial charge in [0.25, 0.3) is 5.91 Å². The zero-order chi connectivity index (χ0) is 20.9. The van der Waals surface area contributed by atoms with Crippen molar-refractivity contribution in [2.24, 2.45) is 0 Å². The van der Waals surface area contributed by atoms with Crippen LogP contribution in [0, 0.1) is 11.3 Å². The van der Waals surface area contributed by atoms with Gasteiger partial charge < -0.3 is 10.2 Å². The number of carbonyl (C=O) groups is 1. The fourth-order valence-electron chi connectivity index (χ4n) is 2.29. The zero-order valence-electron chi connectivity index (χ0n) is 14.5. The first-order valence-corrected chi connectivity index (χ1v) is 7.84. The van der Waals surface area contributed by atoms with E-state index in [1.165, 1.54) is 31.2 Å². The Morgan fingerprint density at radius 1 is 1.14 bits per heavy atom. The molecule has 6 nitrogen and oxygen atoms in total. The summed E-state index contributed by atoms with van der Waals surface area (Å²) in [7, 11) is 0. The molecule has 0 unspecified atom stereocenters. The third kappa shape index (κ3) is 5.25. The molecule has 0 fully saturated rings. The van der Waals surface area contributed by atoms with Crippen molar-refractivity contribution in [3.8, 4) is 17.6 Å². The number of benzene rings is 2. The van der Waals surface area contributed by atoms with Crippen LogP contribution < -0.4 is 5.48 Å². The summed E-state index contributed by atoms with van der Waals surface area (Å²) in [5.41, 5.74) is 1.73. The number of rotatable bonds is 5. The number of hydrogen-bond donors (Lipinski definition) is 3. The number of alkyl halides is 3. The Morgan fingerprint density at radius 2 is 1.71 bits per heavy atom. The van der Waals surface area contributed by atoms with E-state index >= 15 is 0 Å². The van der Waals surface area contributed by atoms with Crippen molar-refractivity contribution in [3.63, 3.8) is 0 Å². The zero-order valence-corrected chi connectivity index (χ0v) is 14.5. The van der Waals surface area contributed by atoms with E-state index in [1.54, 1.807) is 6.07 Å². The van der Waals surface area contributed by atoms with Crippen LogP contribution in [0.2, 0.25) is 0 Å². The largest absolute Gasteiger partial charge is 0.508 e. The lowest BCUT2D eigenvalue weighted by atomic mass is 10.0. The summed E-state index contributed by atoms with van der Waals surface area (Å²) in [6.45, 7) is 1.23. The number of carbonyl (C=O) groups excluding carboxylic acids is 1. The minimum atomic E-state index is -4.45. The van der Waals surface area contributed by atoms with Gasteiger partial charge in [-0.25, -0.2) is 5.48 Å². The van der Waals surface area contributed by atoms with Gasteiger partial charge in [-0.05, 0) is 47.9 Å². The second-order valence-electron chi connectivity index (χ2n) is 5.76. The first-order chi connectivity index (χ1) is 13.1. The SMILES string of the molecule is CC(=C(C#N)C(=O)NOCc1ccc(C(F)(F)F)cc1)c1cc(O)cc(O)c1. The standard InChI is InChI=1S/C19H15F3N2O4/c1-11(13-6-15(25)8-16(26)7-13)17(9-23)18(27)24-28-10-12-2-4-14(5-3-12)19(20,21)22/h2-8,25-26H,10H2,1H3,(H,24,27). The number of hydrogen-bond acceptors (Lipinski definition) is 5. The van der Waals surface area contributed by atoms with Crippen LogP contribution in [0.1, 0.15) is 23.6 Å². The number of nitrogens with one attached hydrogen (secondary N) is 1. The second-order valence-corrected chi connectivity index (χ2v) is 5.76. The van der Waals surface area contributed by atoms with E-state index in [2.05, 4.69) is 0 Å². The van der Waals surface area contributed by atoms with Crippen LogP contribution in [-0.4, -0.2) is 16.1 Å². The van der Waals surface area contributed by atoms with Gasteiger partial charge in [0.05, 0.1) is 12.2 Å². The normalized spacial score (nSPS) is 12.1. The number of nitrogens with zero attached hydrogens (tertiary/aromatic N) is 1. The summed E-state index contributed by atoms with van der Waals surface area (Å²) in [6.07, 6.45) is -4.45. The molecule has 0 aliphatic carbocycles. The van der Waals surface area contributed by atoms with Crippen LogP contribution in [0.15, 0.2) is 48.0 Å². The molecule has 0 aromatic heterocycles. The quantitative estimate of drug-likeness (QED) is 0.409. The molecule has 0 saturated heterocycles. The number of amides is 1. The topological polar surface area (TPSA) is 103 Å². The van der Waals surface area contributed by atoms with Gasteiger partial charge in [0, 0.05) is 6.07 Å². The van der Waals surface area contributed by atoms with Crippen LogP contribution in [-0.2, 0) is 22.4 Å². The number of phenols is 2. The van der Waals surface area contributed by atoms with Gasteiger partial charge in [-0.2, -0.15) is 18.4 Å². The number of hydroxylamine groups is 1. The number of allylic oxidation sites excluding steroid dienone is 1. The van der Waals surface area contributed by atoms with Crippen LogP contribution in [0.3, 0.4) is 0 Å². The number of nitriles is 1. The third-order valence-electron chi connectivity index (χ3n) is 3.73. The van der Waals surface area contributed by atoms with Crippen molar-refractivity contribution in [2.75, 3.05) is 0 Å². The van der Waals surface area contributed by atoms with E-state index < -0.39 is 17.6 Å². The van der Waals surface area contributed by atoms with E-state index in [4.69, 9.17) is 4.84 Å². The van der Waals surface area contributed by atoms with E-state index in [9.17, 15) is 33.4 Å². The van der Waals surface area contributed by atoms with Gasteiger partial charge in [0.2, 0.25) is 0 Å². The van der Waals surface area contributed by atoms with E-state index in [0.29, 0.717) is 5.56 Å². The van der Waals surface area contributed by atoms with E-state index in [0.717, 1.165) is 18.2 Å². The molecule has 0 spiro atoms. The first kappa shape index (κ1) is 20.8. The molecule has 0 atom stereocenters. The predicted molar refractivity (Wildman–Crippen MR) is 92.4 cm³/mol. The van der Waals surface area contributed by atoms with Crippen LogP contribution in [0.25, 0.3) is 5.57 Å². The van der Waals surface area contributed by atoms with E-state index in [-0.39, 0.29) is 34.8 Å². The smallest absolute Gasteiger partial charge is 0.416 e. The summed E-state index contributed by atoms with van der Waals surface area (Å²) in [4.78, 5) is 17.1. The Balaban J connectivity index is 2.05. The van der Waals surface area contributed by atoms with Crippen LogP contribution >= 0.6 is 0 Å². The third-order valence-corrected chi connectivity index (χ3v) is 3.73. The number of halogens is 3. The van der Waals surface area contributed by atoms with Gasteiger partial charge in [-0.3, -0.25) is 9.63 Å². The molecule has 0 saturated carbocycles. The fraction of sp³-hybridized carbons (Fsp3) is 0.158. The van der Waals surface area contributed by atoms with Gasteiger partial charge in [0.1, 0.15) is 23.1 Å². The highest BCUT2D eigenvalue weighted by Crippen LogP contribution is 2.29. The maximum absolute atomic E-state index is 12.5. The molecule has 0 heterocycles. The number of phenolic OH excluding ortho intramolecular Hbond substituents is 2. The van der Waals surface area contributed by atoms with Gasteiger partial charge in [0.15, 0.2) is 0 Å². The minimum Gasteiger partial charge on any atom is -0.508 e. The molecule has 0 aliphatic heterocycles. The van der Waals surface area contributed by atoms with Crippen molar-refractivity contribution in [1.82, 2.24) is 5.48 Å². The van der Waals surface area contributed by atoms with Crippen LogP contribution in [0.4, 0.5) is 13.2 Å². The Hall–Kier alpha value is -3.51. The molecule has 0 radical (unpaired) electrons. The van der Waals surface area contributed by atoms with Crippen molar-refractivity contribution in [1.29, 1.82) is 5.26 Å². The molecular formula is C19H15F3N2O4. The average Bonchev–Trinajstić information content (AvgIpc) is 2.61. The monoisotopic (exact) mass is 392 g/mol. The molecule has 0 bridgehead atoms. The van der Waals surface area contributed by atoms with Gasteiger partial charge in [-0.1, -0.05) is 12.1 Å². The molecule has 28 heavy (non-hydrogen) atoms. The van der Waals surface area contributed by atoms with Crippen molar-refractivity contribution < 1.29 is 33.0 Å². The lowest BCUT2D eigenvalue weighted by molar-refractivity contribution is -0.137. The Labute approximate surface area is 158 Å². The molecule has 3 N–H and O–H groups in total. The van der Waals surface area contributed by atoms with Crippen molar-refractivity contribution in [2.45, 2.75) is 19.7 Å². The van der Waals surface area contributed by atoms with Crippen molar-refractivity contribution >= 4 is 11.5 Å². The highest BCUT2D eigenvalue weighted by Gasteiger charge is 2.29. The Bertz CT molecular complexity index is 925. The summed E-state index contributed by atoms with van der Waals surface area (Å²) >= 11 is 0. The maximum atomic E-state index is 12.5. The summed E-state index contributed by atoms with van der Waals surface area (Å²) < 4.78 is 37.5. The molecular weight excluding hydrogens is 377 g/mol. The highest BCUT2D eigenvalue weighted by molar-refractivity contribution is 6.04. The first-order valence-electron chi connectivity index (χ1n) is 7.84. The minimum absolute atomic E-state index is 0.185. The summed E-state index contributed by atoms with van der Waals surface area (Å²) in [5.74, 6) is -1.37. The Kier molecular flexibility index (Phi) is 6.28. The molecule has 9 heteroatoms. The summed E-state index contributed by atoms with van der Waals surface area (Å²) in [5, 5.41) is 28.3. The van der Waals surface area contributed by atoms with Crippen LogP contribution in [0.5, 0.6) is 11.5 Å². The number of aromatic hydroxyl groups is 2. The van der Waals surface area contributed by atoms with Gasteiger partial charge in [-0.15, -0.1) is 0 Å². The highest BCUT2D eigenvalue weighted by atomic mass is 19.4. The molecule has 1 amide bonds. The molecule has 146 valence electrons. The predicted octanol–water partition coefficient (Wildman–Crippen LogP) is 3.66. The summed E-state index contributed by atoms with van der Waals surface area (Å²) in [6, 6.07) is 9.52. The fourth-order valence-corrected chi connectivity index (χ4v) is 2.29. The average molecular weight is 392 g/mol. The van der Waals surface area contributed by atoms with Crippen molar-refractivity contribution in [3.05, 3.63) is 64.7 Å².